The molecule has 0 bridgehead atoms. The average Bonchev–Trinajstić information content (AvgIpc) is 2.82. The standard InChI is InChI=1S/C18H14N2OS2/c1-13-7-9-14(10-8-13)11-16-17(21)20(18(22)23-16)19-12-15-5-3-2-4-6-15/h2-12H,1H3/b16-11+,19-12+. The number of rotatable bonds is 3. The lowest BCUT2D eigenvalue weighted by Crippen LogP contribution is -2.22. The van der Waals surface area contributed by atoms with Crippen molar-refractivity contribution < 1.29 is 4.79 Å². The predicted molar refractivity (Wildman–Crippen MR) is 100 cm³/mol. The Morgan fingerprint density at radius 3 is 2.43 bits per heavy atom. The van der Waals surface area contributed by atoms with Crippen LogP contribution in [0.1, 0.15) is 16.7 Å². The van der Waals surface area contributed by atoms with Gasteiger partial charge in [0.15, 0.2) is 4.32 Å². The third-order valence-electron chi connectivity index (χ3n) is 3.27. The highest BCUT2D eigenvalue weighted by molar-refractivity contribution is 8.26. The zero-order valence-electron chi connectivity index (χ0n) is 12.5. The molecule has 5 heteroatoms. The molecule has 0 spiro atoms. The molecule has 0 unspecified atom stereocenters. The zero-order valence-corrected chi connectivity index (χ0v) is 14.1. The summed E-state index contributed by atoms with van der Waals surface area (Å²) in [6.07, 6.45) is 3.48. The van der Waals surface area contributed by atoms with Crippen LogP contribution in [0.5, 0.6) is 0 Å². The van der Waals surface area contributed by atoms with E-state index in [9.17, 15) is 4.79 Å². The molecule has 1 aliphatic rings. The average molecular weight is 338 g/mol. The maximum atomic E-state index is 12.4. The lowest BCUT2D eigenvalue weighted by molar-refractivity contribution is -0.122. The second-order valence-corrected chi connectivity index (χ2v) is 6.74. The number of hydrazone groups is 1. The van der Waals surface area contributed by atoms with Gasteiger partial charge in [0.05, 0.1) is 11.1 Å². The van der Waals surface area contributed by atoms with Crippen molar-refractivity contribution in [2.45, 2.75) is 6.92 Å². The van der Waals surface area contributed by atoms with Gasteiger partial charge < -0.3 is 0 Å². The second kappa shape index (κ2) is 6.89. The Morgan fingerprint density at radius 1 is 1.04 bits per heavy atom. The summed E-state index contributed by atoms with van der Waals surface area (Å²) in [6.45, 7) is 2.03. The maximum absolute atomic E-state index is 12.4. The summed E-state index contributed by atoms with van der Waals surface area (Å²) < 4.78 is 0.445. The number of nitrogens with zero attached hydrogens (tertiary/aromatic N) is 2. The van der Waals surface area contributed by atoms with Crippen LogP contribution in [0.2, 0.25) is 0 Å². The van der Waals surface area contributed by atoms with E-state index < -0.39 is 0 Å². The number of hydrogen-bond donors (Lipinski definition) is 0. The van der Waals surface area contributed by atoms with Crippen LogP contribution in [-0.4, -0.2) is 21.5 Å². The second-order valence-electron chi connectivity index (χ2n) is 5.06. The van der Waals surface area contributed by atoms with Gasteiger partial charge in [0.25, 0.3) is 5.91 Å². The number of carbonyl (C=O) groups is 1. The van der Waals surface area contributed by atoms with Crippen molar-refractivity contribution in [3.05, 3.63) is 76.2 Å². The lowest BCUT2D eigenvalue weighted by Gasteiger charge is -2.05. The van der Waals surface area contributed by atoms with Crippen molar-refractivity contribution in [3.8, 4) is 0 Å². The minimum atomic E-state index is -0.187. The Morgan fingerprint density at radius 2 is 1.74 bits per heavy atom. The molecule has 0 aliphatic carbocycles. The Labute approximate surface area is 144 Å². The first kappa shape index (κ1) is 15.6. The SMILES string of the molecule is Cc1ccc(/C=C2/SC(=S)N(/N=C/c3ccccc3)C2=O)cc1. The smallest absolute Gasteiger partial charge is 0.266 e. The Kier molecular flexibility index (Phi) is 4.69. The molecule has 1 saturated heterocycles. The van der Waals surface area contributed by atoms with E-state index in [0.29, 0.717) is 9.23 Å². The quantitative estimate of drug-likeness (QED) is 0.477. The Balaban J connectivity index is 1.80. The van der Waals surface area contributed by atoms with Gasteiger partial charge in [-0.2, -0.15) is 10.1 Å². The molecule has 0 radical (unpaired) electrons. The van der Waals surface area contributed by atoms with Crippen LogP contribution in [0.15, 0.2) is 64.6 Å². The van der Waals surface area contributed by atoms with Gasteiger partial charge in [-0.05, 0) is 36.3 Å². The van der Waals surface area contributed by atoms with Gasteiger partial charge in [0, 0.05) is 0 Å². The van der Waals surface area contributed by atoms with E-state index in [2.05, 4.69) is 5.10 Å². The van der Waals surface area contributed by atoms with Crippen molar-refractivity contribution in [1.82, 2.24) is 5.01 Å². The van der Waals surface area contributed by atoms with Crippen molar-refractivity contribution in [2.75, 3.05) is 0 Å². The molecule has 23 heavy (non-hydrogen) atoms. The molecular formula is C18H14N2OS2. The fraction of sp³-hybridized carbons (Fsp3) is 0.0556. The molecule has 3 rings (SSSR count). The third kappa shape index (κ3) is 3.75. The van der Waals surface area contributed by atoms with Gasteiger partial charge in [-0.3, -0.25) is 4.79 Å². The van der Waals surface area contributed by atoms with Crippen LogP contribution in [0.4, 0.5) is 0 Å². The summed E-state index contributed by atoms with van der Waals surface area (Å²) in [5.74, 6) is -0.187. The number of aryl methyl sites for hydroxylation is 1. The molecule has 2 aromatic rings. The van der Waals surface area contributed by atoms with Crippen LogP contribution >= 0.6 is 24.0 Å². The molecule has 0 saturated carbocycles. The van der Waals surface area contributed by atoms with Crippen LogP contribution in [0.25, 0.3) is 6.08 Å². The molecule has 2 aromatic carbocycles. The van der Waals surface area contributed by atoms with Gasteiger partial charge in [-0.15, -0.1) is 0 Å². The molecular weight excluding hydrogens is 324 g/mol. The van der Waals surface area contributed by atoms with E-state index in [1.165, 1.54) is 22.3 Å². The molecule has 0 atom stereocenters. The van der Waals surface area contributed by atoms with Gasteiger partial charge >= 0.3 is 0 Å². The van der Waals surface area contributed by atoms with Crippen molar-refractivity contribution in [1.29, 1.82) is 0 Å². The fourth-order valence-electron chi connectivity index (χ4n) is 2.04. The molecule has 1 heterocycles. The predicted octanol–water partition coefficient (Wildman–Crippen LogP) is 4.23. The molecule has 1 aliphatic heterocycles. The number of carbonyl (C=O) groups excluding carboxylic acids is 1. The zero-order chi connectivity index (χ0) is 16.2. The number of benzene rings is 2. The van der Waals surface area contributed by atoms with Crippen LogP contribution < -0.4 is 0 Å². The molecule has 114 valence electrons. The van der Waals surface area contributed by atoms with Crippen LogP contribution in [0.3, 0.4) is 0 Å². The molecule has 1 fully saturated rings. The number of thioether (sulfide) groups is 1. The third-order valence-corrected chi connectivity index (χ3v) is 4.55. The van der Waals surface area contributed by atoms with E-state index in [1.54, 1.807) is 6.21 Å². The summed E-state index contributed by atoms with van der Waals surface area (Å²) in [4.78, 5) is 13.0. The molecule has 0 N–H and O–H groups in total. The van der Waals surface area contributed by atoms with E-state index in [1.807, 2.05) is 67.6 Å². The minimum absolute atomic E-state index is 0.187. The number of amides is 1. The molecule has 0 aromatic heterocycles. The highest BCUT2D eigenvalue weighted by atomic mass is 32.2. The summed E-state index contributed by atoms with van der Waals surface area (Å²) in [7, 11) is 0. The maximum Gasteiger partial charge on any atom is 0.286 e. The largest absolute Gasteiger partial charge is 0.286 e. The van der Waals surface area contributed by atoms with Gasteiger partial charge in [-0.1, -0.05) is 71.9 Å². The number of thiocarbonyl (C=S) groups is 1. The first-order chi connectivity index (χ1) is 11.1. The first-order valence-electron chi connectivity index (χ1n) is 7.07. The van der Waals surface area contributed by atoms with Crippen LogP contribution in [-0.2, 0) is 4.79 Å². The summed E-state index contributed by atoms with van der Waals surface area (Å²) in [5.41, 5.74) is 3.08. The summed E-state index contributed by atoms with van der Waals surface area (Å²) >= 11 is 6.53. The summed E-state index contributed by atoms with van der Waals surface area (Å²) in [5, 5.41) is 5.49. The highest BCUT2D eigenvalue weighted by Gasteiger charge is 2.31. The highest BCUT2D eigenvalue weighted by Crippen LogP contribution is 2.32. The van der Waals surface area contributed by atoms with E-state index >= 15 is 0 Å². The summed E-state index contributed by atoms with van der Waals surface area (Å²) in [6, 6.07) is 17.6. The Hall–Kier alpha value is -2.24. The van der Waals surface area contributed by atoms with Gasteiger partial charge in [0.1, 0.15) is 0 Å². The fourth-order valence-corrected chi connectivity index (χ4v) is 3.21. The van der Waals surface area contributed by atoms with Crippen molar-refractivity contribution in [2.24, 2.45) is 5.10 Å². The molecule has 1 amide bonds. The monoisotopic (exact) mass is 338 g/mol. The first-order valence-corrected chi connectivity index (χ1v) is 8.29. The van der Waals surface area contributed by atoms with E-state index in [0.717, 1.165) is 11.1 Å². The normalized spacial score (nSPS) is 16.7. The lowest BCUT2D eigenvalue weighted by atomic mass is 10.1. The minimum Gasteiger partial charge on any atom is -0.266 e. The van der Waals surface area contributed by atoms with E-state index in [-0.39, 0.29) is 5.91 Å². The number of hydrogen-bond acceptors (Lipinski definition) is 4. The van der Waals surface area contributed by atoms with Gasteiger partial charge in [-0.25, -0.2) is 0 Å². The topological polar surface area (TPSA) is 32.7 Å². The van der Waals surface area contributed by atoms with Crippen molar-refractivity contribution >= 4 is 46.5 Å². The van der Waals surface area contributed by atoms with Crippen molar-refractivity contribution in [3.63, 3.8) is 0 Å². The van der Waals surface area contributed by atoms with Gasteiger partial charge in [0.2, 0.25) is 0 Å². The molecule has 3 nitrogen and oxygen atoms in total. The van der Waals surface area contributed by atoms with Crippen LogP contribution in [0, 0.1) is 6.92 Å². The Bertz CT molecular complexity index is 796. The van der Waals surface area contributed by atoms with E-state index in [4.69, 9.17) is 12.2 Å².